The summed E-state index contributed by atoms with van der Waals surface area (Å²) in [7, 11) is 0. The second-order valence-corrected chi connectivity index (χ2v) is 8.68. The van der Waals surface area contributed by atoms with Crippen LogP contribution in [0.4, 0.5) is 10.1 Å². The zero-order valence-electron chi connectivity index (χ0n) is 18.4. The van der Waals surface area contributed by atoms with Crippen molar-refractivity contribution in [2.24, 2.45) is 5.92 Å². The molecule has 7 heteroatoms. The third-order valence-corrected chi connectivity index (χ3v) is 6.71. The summed E-state index contributed by atoms with van der Waals surface area (Å²) in [5.74, 6) is 2.50. The van der Waals surface area contributed by atoms with Gasteiger partial charge in [-0.25, -0.2) is 15.2 Å². The summed E-state index contributed by atoms with van der Waals surface area (Å²) in [5.41, 5.74) is 11.7. The molecule has 0 aliphatic carbocycles. The number of nitrogens with one attached hydrogen (secondary N) is 2. The number of nitrogens with zero attached hydrogens (tertiary/aromatic N) is 1. The molecule has 6 nitrogen and oxygen atoms in total. The Morgan fingerprint density at radius 1 is 0.970 bits per heavy atom. The van der Waals surface area contributed by atoms with E-state index in [1.54, 1.807) is 0 Å². The molecule has 170 valence electrons. The van der Waals surface area contributed by atoms with Gasteiger partial charge in [-0.3, -0.25) is 0 Å². The van der Waals surface area contributed by atoms with E-state index in [-0.39, 0.29) is 30.6 Å². The summed E-state index contributed by atoms with van der Waals surface area (Å²) in [5, 5.41) is 0. The van der Waals surface area contributed by atoms with Crippen molar-refractivity contribution in [3.05, 3.63) is 83.2 Å². The molecular weight excluding hydrogens is 421 g/mol. The summed E-state index contributed by atoms with van der Waals surface area (Å²) in [6, 6.07) is 19.5. The molecule has 0 saturated carbocycles. The Morgan fingerprint density at radius 3 is 2.64 bits per heavy atom. The van der Waals surface area contributed by atoms with Gasteiger partial charge in [0.15, 0.2) is 11.5 Å². The molecule has 3 aromatic carbocycles. The molecule has 3 atom stereocenters. The zero-order chi connectivity index (χ0) is 22.4. The van der Waals surface area contributed by atoms with Crippen molar-refractivity contribution in [3.63, 3.8) is 0 Å². The first-order valence-corrected chi connectivity index (χ1v) is 11.4. The van der Waals surface area contributed by atoms with E-state index in [0.29, 0.717) is 13.2 Å². The number of halogens is 1. The van der Waals surface area contributed by atoms with Gasteiger partial charge in [-0.05, 0) is 66.1 Å². The van der Waals surface area contributed by atoms with Crippen molar-refractivity contribution in [2.45, 2.75) is 25.6 Å². The van der Waals surface area contributed by atoms with E-state index in [1.165, 1.54) is 23.4 Å². The summed E-state index contributed by atoms with van der Waals surface area (Å²) < 4.78 is 30.4. The van der Waals surface area contributed by atoms with Crippen molar-refractivity contribution < 1.29 is 18.6 Å². The fraction of sp³-hybridized carbons (Fsp3) is 0.308. The van der Waals surface area contributed by atoms with Gasteiger partial charge in [0.2, 0.25) is 6.79 Å². The first-order chi connectivity index (χ1) is 16.2. The molecule has 3 aliphatic rings. The van der Waals surface area contributed by atoms with Crippen LogP contribution in [0.2, 0.25) is 0 Å². The molecule has 3 aliphatic heterocycles. The fourth-order valence-corrected chi connectivity index (χ4v) is 5.18. The van der Waals surface area contributed by atoms with Gasteiger partial charge < -0.3 is 19.1 Å². The van der Waals surface area contributed by atoms with E-state index in [9.17, 15) is 4.39 Å². The van der Waals surface area contributed by atoms with E-state index in [1.807, 2.05) is 31.2 Å². The van der Waals surface area contributed by atoms with Crippen molar-refractivity contribution in [1.29, 1.82) is 0 Å². The lowest BCUT2D eigenvalue weighted by atomic mass is 9.81. The topological polar surface area (TPSA) is 55.0 Å². The predicted molar refractivity (Wildman–Crippen MR) is 123 cm³/mol. The van der Waals surface area contributed by atoms with Crippen LogP contribution in [0.5, 0.6) is 17.2 Å². The highest BCUT2D eigenvalue weighted by Crippen LogP contribution is 2.47. The van der Waals surface area contributed by atoms with Crippen LogP contribution in [0.25, 0.3) is 0 Å². The number of ether oxygens (including phenoxy) is 3. The van der Waals surface area contributed by atoms with E-state index >= 15 is 0 Å². The number of benzene rings is 3. The minimum atomic E-state index is -0.216. The normalized spacial score (nSPS) is 22.7. The Kier molecular flexibility index (Phi) is 5.08. The maximum absolute atomic E-state index is 13.5. The van der Waals surface area contributed by atoms with Crippen LogP contribution in [-0.2, 0) is 6.54 Å². The largest absolute Gasteiger partial charge is 0.494 e. The van der Waals surface area contributed by atoms with Gasteiger partial charge in [-0.2, -0.15) is 0 Å². The summed E-state index contributed by atoms with van der Waals surface area (Å²) >= 11 is 0. The Hall–Kier alpha value is -3.29. The SMILES string of the molecule is CCOc1ccc2c(c1)C1NNC(c3ccc4c(c3)OCO4)C1CN2Cc1ccc(F)cc1. The van der Waals surface area contributed by atoms with E-state index < -0.39 is 0 Å². The highest BCUT2D eigenvalue weighted by molar-refractivity contribution is 5.61. The molecular formula is C26H26FN3O3. The second kappa shape index (κ2) is 8.24. The molecule has 3 heterocycles. The van der Waals surface area contributed by atoms with Gasteiger partial charge in [0, 0.05) is 24.7 Å². The van der Waals surface area contributed by atoms with E-state index in [2.05, 4.69) is 40.0 Å². The Balaban J connectivity index is 1.36. The van der Waals surface area contributed by atoms with Crippen LogP contribution >= 0.6 is 0 Å². The third kappa shape index (κ3) is 3.67. The number of hydrogen-bond acceptors (Lipinski definition) is 6. The first-order valence-electron chi connectivity index (χ1n) is 11.4. The van der Waals surface area contributed by atoms with Crippen LogP contribution in [0.1, 0.15) is 35.7 Å². The number of fused-ring (bicyclic) bond motifs is 4. The van der Waals surface area contributed by atoms with Crippen LogP contribution < -0.4 is 30.0 Å². The van der Waals surface area contributed by atoms with Crippen LogP contribution in [0.15, 0.2) is 60.7 Å². The molecule has 0 spiro atoms. The fourth-order valence-electron chi connectivity index (χ4n) is 5.18. The highest BCUT2D eigenvalue weighted by atomic mass is 19.1. The van der Waals surface area contributed by atoms with Gasteiger partial charge in [-0.15, -0.1) is 0 Å². The van der Waals surface area contributed by atoms with Crippen LogP contribution in [0, 0.1) is 11.7 Å². The van der Waals surface area contributed by atoms with E-state index in [0.717, 1.165) is 34.9 Å². The Bertz CT molecular complexity index is 1170. The monoisotopic (exact) mass is 447 g/mol. The molecule has 0 radical (unpaired) electrons. The molecule has 33 heavy (non-hydrogen) atoms. The van der Waals surface area contributed by atoms with Crippen molar-refractivity contribution in [1.82, 2.24) is 10.9 Å². The van der Waals surface area contributed by atoms with Gasteiger partial charge in [0.05, 0.1) is 18.7 Å². The molecule has 3 aromatic rings. The number of rotatable bonds is 5. The minimum Gasteiger partial charge on any atom is -0.494 e. The van der Waals surface area contributed by atoms with Crippen molar-refractivity contribution >= 4 is 5.69 Å². The lowest BCUT2D eigenvalue weighted by Gasteiger charge is -2.39. The standard InChI is InChI=1S/C26H26FN3O3/c1-2-31-19-8-9-22-20(12-19)26-21(14-30(22)13-16-3-6-18(27)7-4-16)25(28-29-26)17-5-10-23-24(11-17)33-15-32-23/h3-12,21,25-26,28-29H,2,13-15H2,1H3. The molecule has 0 amide bonds. The molecule has 6 rings (SSSR count). The number of hydrogen-bond donors (Lipinski definition) is 2. The van der Waals surface area contributed by atoms with Crippen LogP contribution in [0.3, 0.4) is 0 Å². The average molecular weight is 448 g/mol. The first kappa shape index (κ1) is 20.3. The second-order valence-electron chi connectivity index (χ2n) is 8.68. The maximum Gasteiger partial charge on any atom is 0.231 e. The Labute approximate surface area is 192 Å². The summed E-state index contributed by atoms with van der Waals surface area (Å²) in [6.45, 7) is 4.44. The number of hydrazine groups is 1. The maximum atomic E-state index is 13.5. The lowest BCUT2D eigenvalue weighted by Crippen LogP contribution is -2.39. The molecule has 1 saturated heterocycles. The van der Waals surface area contributed by atoms with Crippen molar-refractivity contribution in [3.8, 4) is 17.2 Å². The molecule has 1 fully saturated rings. The molecule has 2 N–H and O–H groups in total. The highest BCUT2D eigenvalue weighted by Gasteiger charge is 2.43. The zero-order valence-corrected chi connectivity index (χ0v) is 18.4. The van der Waals surface area contributed by atoms with Gasteiger partial charge in [-0.1, -0.05) is 18.2 Å². The molecule has 3 unspecified atom stereocenters. The lowest BCUT2D eigenvalue weighted by molar-refractivity contribution is 0.174. The van der Waals surface area contributed by atoms with Gasteiger partial charge in [0.25, 0.3) is 0 Å². The van der Waals surface area contributed by atoms with Crippen molar-refractivity contribution in [2.75, 3.05) is 24.8 Å². The average Bonchev–Trinajstić information content (AvgIpc) is 3.47. The summed E-state index contributed by atoms with van der Waals surface area (Å²) in [4.78, 5) is 2.38. The van der Waals surface area contributed by atoms with Gasteiger partial charge in [0.1, 0.15) is 11.6 Å². The van der Waals surface area contributed by atoms with Gasteiger partial charge >= 0.3 is 0 Å². The Morgan fingerprint density at radius 2 is 1.79 bits per heavy atom. The minimum absolute atomic E-state index is 0.101. The number of anilines is 1. The van der Waals surface area contributed by atoms with E-state index in [4.69, 9.17) is 14.2 Å². The molecule has 0 aromatic heterocycles. The smallest absolute Gasteiger partial charge is 0.231 e. The van der Waals surface area contributed by atoms with Crippen LogP contribution in [-0.4, -0.2) is 19.9 Å². The predicted octanol–water partition coefficient (Wildman–Crippen LogP) is 4.48. The quantitative estimate of drug-likeness (QED) is 0.602. The third-order valence-electron chi connectivity index (χ3n) is 6.71. The molecule has 0 bridgehead atoms. The summed E-state index contributed by atoms with van der Waals surface area (Å²) in [6.07, 6.45) is 0.